The molecular formula is C22H26N2O6. The van der Waals surface area contributed by atoms with Gasteiger partial charge < -0.3 is 24.8 Å². The maximum Gasteiger partial charge on any atom is 0.341 e. The lowest BCUT2D eigenvalue weighted by Crippen LogP contribution is -2.50. The number of rotatable bonds is 3. The number of nitrogens with two attached hydrogens (primary N) is 1. The Bertz CT molecular complexity index is 1000. The second-order valence-corrected chi connectivity index (χ2v) is 8.13. The molecule has 1 atom stereocenters. The predicted molar refractivity (Wildman–Crippen MR) is 109 cm³/mol. The van der Waals surface area contributed by atoms with Gasteiger partial charge in [0.25, 0.3) is 0 Å². The molecule has 0 saturated carbocycles. The number of carbonyl (C=O) groups is 3. The highest BCUT2D eigenvalue weighted by Gasteiger charge is 2.63. The van der Waals surface area contributed by atoms with Crippen LogP contribution in [0.15, 0.2) is 47.1 Å². The number of amides is 1. The van der Waals surface area contributed by atoms with Crippen molar-refractivity contribution >= 4 is 23.5 Å². The summed E-state index contributed by atoms with van der Waals surface area (Å²) in [6, 6.07) is 6.91. The predicted octanol–water partition coefficient (Wildman–Crippen LogP) is 2.28. The Morgan fingerprint density at radius 3 is 2.40 bits per heavy atom. The maximum atomic E-state index is 13.8. The van der Waals surface area contributed by atoms with Crippen LogP contribution in [0, 0.1) is 0 Å². The third-order valence-electron chi connectivity index (χ3n) is 4.99. The molecule has 8 heteroatoms. The van der Waals surface area contributed by atoms with E-state index in [0.717, 1.165) is 0 Å². The van der Waals surface area contributed by atoms with Crippen LogP contribution in [0.1, 0.15) is 40.2 Å². The number of ether oxygens (including phenoxy) is 3. The highest BCUT2D eigenvalue weighted by atomic mass is 16.6. The number of hydrogen-bond donors (Lipinski definition) is 1. The van der Waals surface area contributed by atoms with Gasteiger partial charge in [-0.1, -0.05) is 18.2 Å². The van der Waals surface area contributed by atoms with Crippen molar-refractivity contribution in [1.29, 1.82) is 0 Å². The zero-order chi connectivity index (χ0) is 22.4. The van der Waals surface area contributed by atoms with Crippen molar-refractivity contribution in [2.75, 3.05) is 18.6 Å². The molecule has 0 bridgehead atoms. The molecule has 3 rings (SSSR count). The van der Waals surface area contributed by atoms with Crippen LogP contribution in [0.25, 0.3) is 0 Å². The highest BCUT2D eigenvalue weighted by molar-refractivity contribution is 6.22. The number of nitrogens with zero attached hydrogens (tertiary/aromatic N) is 1. The number of para-hydroxylation sites is 1. The molecule has 0 fully saturated rings. The Hall–Kier alpha value is -3.29. The van der Waals surface area contributed by atoms with Crippen molar-refractivity contribution < 1.29 is 28.6 Å². The molecule has 2 aliphatic heterocycles. The molecule has 2 N–H and O–H groups in total. The van der Waals surface area contributed by atoms with E-state index in [1.165, 1.54) is 11.8 Å². The largest absolute Gasteiger partial charge is 0.462 e. The number of hydrogen-bond acceptors (Lipinski definition) is 7. The van der Waals surface area contributed by atoms with E-state index in [1.807, 2.05) is 0 Å². The number of allylic oxidation sites excluding steroid dienone is 1. The SMILES string of the molecule is CCOC(=O)C1=C(N)OC(C)=C(C(=O)OC(C)(C)C)[C@@]12C(=O)N(C)c1ccccc12. The minimum absolute atomic E-state index is 0.0574. The number of likely N-dealkylation sites (N-methyl/N-ethyl adjacent to an activating group) is 1. The lowest BCUT2D eigenvalue weighted by Gasteiger charge is -2.36. The van der Waals surface area contributed by atoms with Crippen LogP contribution in [-0.4, -0.2) is 37.1 Å². The van der Waals surface area contributed by atoms with Gasteiger partial charge in [0.15, 0.2) is 0 Å². The molecule has 1 aromatic rings. The Morgan fingerprint density at radius 2 is 1.80 bits per heavy atom. The molecule has 0 aliphatic carbocycles. The summed E-state index contributed by atoms with van der Waals surface area (Å²) < 4.78 is 16.4. The van der Waals surface area contributed by atoms with Gasteiger partial charge in [0, 0.05) is 18.3 Å². The smallest absolute Gasteiger partial charge is 0.341 e. The summed E-state index contributed by atoms with van der Waals surface area (Å²) in [4.78, 5) is 41.5. The van der Waals surface area contributed by atoms with E-state index in [-0.39, 0.29) is 29.4 Å². The fourth-order valence-corrected chi connectivity index (χ4v) is 3.97. The molecule has 0 unspecified atom stereocenters. The molecule has 0 radical (unpaired) electrons. The topological polar surface area (TPSA) is 108 Å². The molecule has 8 nitrogen and oxygen atoms in total. The molecule has 2 heterocycles. The monoisotopic (exact) mass is 414 g/mol. The van der Waals surface area contributed by atoms with Gasteiger partial charge in [-0.2, -0.15) is 0 Å². The maximum absolute atomic E-state index is 13.8. The third-order valence-corrected chi connectivity index (χ3v) is 4.99. The van der Waals surface area contributed by atoms with Crippen LogP contribution < -0.4 is 10.6 Å². The number of carbonyl (C=O) groups excluding carboxylic acids is 3. The molecule has 1 amide bonds. The summed E-state index contributed by atoms with van der Waals surface area (Å²) in [7, 11) is 1.58. The van der Waals surface area contributed by atoms with Gasteiger partial charge in [0.1, 0.15) is 27.9 Å². The fraction of sp³-hybridized carbons (Fsp3) is 0.409. The van der Waals surface area contributed by atoms with Crippen LogP contribution in [0.5, 0.6) is 0 Å². The summed E-state index contributed by atoms with van der Waals surface area (Å²) in [5, 5.41) is 0. The Morgan fingerprint density at radius 1 is 1.17 bits per heavy atom. The molecule has 160 valence electrons. The quantitative estimate of drug-likeness (QED) is 0.756. The van der Waals surface area contributed by atoms with E-state index in [0.29, 0.717) is 11.3 Å². The standard InChI is InChI=1S/C22H26N2O6/c1-7-28-18(25)16-17(23)29-12(2)15(19(26)30-21(3,4)5)22(16)13-10-8-9-11-14(13)24(6)20(22)27/h8-11H,7,23H2,1-6H3/t22-/m1/s1. The Kier molecular flexibility index (Phi) is 5.14. The average Bonchev–Trinajstić information content (AvgIpc) is 2.83. The van der Waals surface area contributed by atoms with Gasteiger partial charge in [-0.3, -0.25) is 4.79 Å². The summed E-state index contributed by atoms with van der Waals surface area (Å²) in [6.07, 6.45) is 0. The van der Waals surface area contributed by atoms with Crippen LogP contribution in [0.2, 0.25) is 0 Å². The lowest BCUT2D eigenvalue weighted by atomic mass is 9.67. The molecule has 0 saturated heterocycles. The highest BCUT2D eigenvalue weighted by Crippen LogP contribution is 2.54. The summed E-state index contributed by atoms with van der Waals surface area (Å²) in [5.74, 6) is -2.31. The molecular weight excluding hydrogens is 388 g/mol. The number of anilines is 1. The summed E-state index contributed by atoms with van der Waals surface area (Å²) >= 11 is 0. The van der Waals surface area contributed by atoms with E-state index in [9.17, 15) is 14.4 Å². The minimum atomic E-state index is -1.83. The van der Waals surface area contributed by atoms with Crippen LogP contribution in [0.3, 0.4) is 0 Å². The third kappa shape index (κ3) is 3.03. The molecule has 2 aliphatic rings. The van der Waals surface area contributed by atoms with E-state index >= 15 is 0 Å². The molecule has 1 aromatic carbocycles. The van der Waals surface area contributed by atoms with E-state index in [2.05, 4.69) is 0 Å². The van der Waals surface area contributed by atoms with E-state index < -0.39 is 28.9 Å². The first-order chi connectivity index (χ1) is 14.0. The first-order valence-electron chi connectivity index (χ1n) is 9.64. The van der Waals surface area contributed by atoms with Crippen molar-refractivity contribution in [3.8, 4) is 0 Å². The lowest BCUT2D eigenvalue weighted by molar-refractivity contribution is -0.152. The number of benzene rings is 1. The van der Waals surface area contributed by atoms with Gasteiger partial charge in [0.2, 0.25) is 11.8 Å². The normalized spacial score (nSPS) is 21.0. The van der Waals surface area contributed by atoms with Crippen molar-refractivity contribution in [2.45, 2.75) is 45.6 Å². The summed E-state index contributed by atoms with van der Waals surface area (Å²) in [5.41, 5.74) is 4.12. The first-order valence-corrected chi connectivity index (χ1v) is 9.64. The van der Waals surface area contributed by atoms with Gasteiger partial charge in [-0.05, 0) is 40.7 Å². The zero-order valence-electron chi connectivity index (χ0n) is 18.0. The number of esters is 2. The van der Waals surface area contributed by atoms with E-state index in [1.54, 1.807) is 59.0 Å². The zero-order valence-corrected chi connectivity index (χ0v) is 18.0. The van der Waals surface area contributed by atoms with Crippen LogP contribution in [-0.2, 0) is 34.0 Å². The number of fused-ring (bicyclic) bond motifs is 2. The van der Waals surface area contributed by atoms with Gasteiger partial charge in [-0.25, -0.2) is 9.59 Å². The van der Waals surface area contributed by atoms with E-state index in [4.69, 9.17) is 19.9 Å². The minimum Gasteiger partial charge on any atom is -0.462 e. The fourth-order valence-electron chi connectivity index (χ4n) is 3.97. The van der Waals surface area contributed by atoms with Gasteiger partial charge in [0.05, 0.1) is 6.61 Å². The summed E-state index contributed by atoms with van der Waals surface area (Å²) in [6.45, 7) is 8.35. The van der Waals surface area contributed by atoms with Crippen LogP contribution in [0.4, 0.5) is 5.69 Å². The van der Waals surface area contributed by atoms with Crippen molar-refractivity contribution in [1.82, 2.24) is 0 Å². The van der Waals surface area contributed by atoms with Crippen molar-refractivity contribution in [3.05, 3.63) is 52.6 Å². The molecule has 30 heavy (non-hydrogen) atoms. The molecule has 0 aromatic heterocycles. The Balaban J connectivity index is 2.39. The van der Waals surface area contributed by atoms with Gasteiger partial charge >= 0.3 is 11.9 Å². The molecule has 1 spiro atoms. The Labute approximate surface area is 175 Å². The second-order valence-electron chi connectivity index (χ2n) is 8.13. The first kappa shape index (κ1) is 21.4. The second kappa shape index (κ2) is 7.19. The van der Waals surface area contributed by atoms with Gasteiger partial charge in [-0.15, -0.1) is 0 Å². The van der Waals surface area contributed by atoms with Crippen molar-refractivity contribution in [3.63, 3.8) is 0 Å². The average molecular weight is 414 g/mol. The van der Waals surface area contributed by atoms with Crippen LogP contribution >= 0.6 is 0 Å². The van der Waals surface area contributed by atoms with Crippen molar-refractivity contribution in [2.24, 2.45) is 5.73 Å².